The van der Waals surface area contributed by atoms with Gasteiger partial charge in [0.05, 0.1) is 4.92 Å². The van der Waals surface area contributed by atoms with Gasteiger partial charge < -0.3 is 10.2 Å². The molecule has 29 heavy (non-hydrogen) atoms. The van der Waals surface area contributed by atoms with Gasteiger partial charge in [0.1, 0.15) is 12.1 Å². The van der Waals surface area contributed by atoms with Crippen LogP contribution in [0.2, 0.25) is 5.02 Å². The summed E-state index contributed by atoms with van der Waals surface area (Å²) in [5.74, 6) is -1.09. The molecule has 0 bridgehead atoms. The van der Waals surface area contributed by atoms with Crippen LogP contribution in [0, 0.1) is 10.1 Å². The third-order valence-electron chi connectivity index (χ3n) is 4.81. The van der Waals surface area contributed by atoms with E-state index in [0.29, 0.717) is 16.3 Å². The maximum atomic E-state index is 12.9. The van der Waals surface area contributed by atoms with E-state index >= 15 is 0 Å². The lowest BCUT2D eigenvalue weighted by molar-refractivity contribution is -0.384. The van der Waals surface area contributed by atoms with Crippen molar-refractivity contribution in [2.45, 2.75) is 12.5 Å². The topological polar surface area (TPSA) is 113 Å². The van der Waals surface area contributed by atoms with Crippen molar-refractivity contribution < 1.29 is 19.3 Å². The van der Waals surface area contributed by atoms with Crippen LogP contribution in [0.15, 0.2) is 48.5 Å². The Morgan fingerprint density at radius 3 is 2.31 bits per heavy atom. The fourth-order valence-electron chi connectivity index (χ4n) is 3.00. The summed E-state index contributed by atoms with van der Waals surface area (Å²) in [5.41, 5.74) is -0.483. The highest BCUT2D eigenvalue weighted by Gasteiger charge is 2.49. The monoisotopic (exact) mass is 416 g/mol. The van der Waals surface area contributed by atoms with E-state index in [9.17, 15) is 24.5 Å². The van der Waals surface area contributed by atoms with Gasteiger partial charge in [-0.3, -0.25) is 24.6 Å². The molecule has 1 aliphatic heterocycles. The Balaban J connectivity index is 1.76. The van der Waals surface area contributed by atoms with E-state index in [-0.39, 0.29) is 5.69 Å². The summed E-state index contributed by atoms with van der Waals surface area (Å²) in [6.45, 7) is 1.09. The van der Waals surface area contributed by atoms with Crippen molar-refractivity contribution >= 4 is 40.8 Å². The number of likely N-dealkylation sites (N-methyl/N-ethyl adjacent to an activating group) is 1. The van der Waals surface area contributed by atoms with Gasteiger partial charge in [-0.05, 0) is 36.8 Å². The number of hydrogen-bond acceptors (Lipinski definition) is 5. The molecule has 3 rings (SSSR count). The van der Waals surface area contributed by atoms with E-state index in [1.54, 1.807) is 31.2 Å². The number of carbonyl (C=O) groups is 3. The van der Waals surface area contributed by atoms with Gasteiger partial charge in [-0.2, -0.15) is 0 Å². The fourth-order valence-corrected chi connectivity index (χ4v) is 3.13. The number of urea groups is 1. The molecule has 0 aliphatic carbocycles. The number of nitrogens with one attached hydrogen (secondary N) is 1. The Bertz CT molecular complexity index is 993. The van der Waals surface area contributed by atoms with Gasteiger partial charge in [-0.25, -0.2) is 4.79 Å². The highest BCUT2D eigenvalue weighted by Crippen LogP contribution is 2.30. The van der Waals surface area contributed by atoms with Crippen molar-refractivity contribution in [3.8, 4) is 0 Å². The zero-order valence-corrected chi connectivity index (χ0v) is 16.3. The number of imide groups is 1. The van der Waals surface area contributed by atoms with Crippen LogP contribution in [0.5, 0.6) is 0 Å². The maximum Gasteiger partial charge on any atom is 0.325 e. The van der Waals surface area contributed by atoms with E-state index in [1.165, 1.54) is 36.2 Å². The zero-order valence-electron chi connectivity index (χ0n) is 15.6. The van der Waals surface area contributed by atoms with Gasteiger partial charge in [-0.1, -0.05) is 23.7 Å². The van der Waals surface area contributed by atoms with Gasteiger partial charge in [0.15, 0.2) is 0 Å². The number of nitro benzene ring substituents is 1. The number of hydrogen-bond donors (Lipinski definition) is 1. The number of nitrogens with zero attached hydrogens (tertiary/aromatic N) is 3. The van der Waals surface area contributed by atoms with Crippen LogP contribution >= 0.6 is 11.6 Å². The Labute approximate surface area is 171 Å². The second kappa shape index (κ2) is 7.51. The van der Waals surface area contributed by atoms with Crippen LogP contribution in [0.4, 0.5) is 16.2 Å². The maximum absolute atomic E-state index is 12.9. The molecule has 10 heteroatoms. The van der Waals surface area contributed by atoms with Gasteiger partial charge in [-0.15, -0.1) is 0 Å². The zero-order chi connectivity index (χ0) is 21.3. The van der Waals surface area contributed by atoms with Crippen LogP contribution < -0.4 is 10.2 Å². The highest BCUT2D eigenvalue weighted by molar-refractivity contribution is 6.30. The van der Waals surface area contributed by atoms with Crippen molar-refractivity contribution in [3.05, 3.63) is 69.2 Å². The number of amides is 4. The first-order valence-electron chi connectivity index (χ1n) is 8.54. The fraction of sp³-hybridized carbons (Fsp3) is 0.211. The number of nitro groups is 1. The Morgan fingerprint density at radius 1 is 1.17 bits per heavy atom. The summed E-state index contributed by atoms with van der Waals surface area (Å²) >= 11 is 5.88. The summed E-state index contributed by atoms with van der Waals surface area (Å²) in [5, 5.41) is 13.9. The molecule has 1 aliphatic rings. The normalized spacial score (nSPS) is 18.5. The van der Waals surface area contributed by atoms with Crippen molar-refractivity contribution in [1.29, 1.82) is 0 Å². The smallest absolute Gasteiger partial charge is 0.319 e. The van der Waals surface area contributed by atoms with Gasteiger partial charge in [0.25, 0.3) is 11.6 Å². The van der Waals surface area contributed by atoms with Crippen molar-refractivity contribution in [1.82, 2.24) is 10.2 Å². The first-order valence-corrected chi connectivity index (χ1v) is 8.92. The minimum atomic E-state index is -1.31. The Kier molecular flexibility index (Phi) is 5.25. The Hall–Kier alpha value is -3.46. The van der Waals surface area contributed by atoms with Crippen LogP contribution in [0.3, 0.4) is 0 Å². The third-order valence-corrected chi connectivity index (χ3v) is 5.06. The molecule has 1 saturated heterocycles. The third kappa shape index (κ3) is 3.77. The van der Waals surface area contributed by atoms with Crippen LogP contribution in [-0.2, 0) is 15.1 Å². The minimum Gasteiger partial charge on any atom is -0.319 e. The van der Waals surface area contributed by atoms with E-state index in [4.69, 9.17) is 11.6 Å². The van der Waals surface area contributed by atoms with Gasteiger partial charge in [0.2, 0.25) is 5.91 Å². The molecule has 1 unspecified atom stereocenters. The first kappa shape index (κ1) is 20.3. The summed E-state index contributed by atoms with van der Waals surface area (Å²) in [6, 6.07) is 11.2. The molecule has 1 atom stereocenters. The van der Waals surface area contributed by atoms with E-state index < -0.39 is 34.9 Å². The van der Waals surface area contributed by atoms with Crippen molar-refractivity contribution in [3.63, 3.8) is 0 Å². The van der Waals surface area contributed by atoms with E-state index in [2.05, 4.69) is 5.32 Å². The molecule has 150 valence electrons. The molecule has 1 heterocycles. The second-order valence-corrected chi connectivity index (χ2v) is 7.12. The van der Waals surface area contributed by atoms with Crippen LogP contribution in [0.25, 0.3) is 0 Å². The van der Waals surface area contributed by atoms with Gasteiger partial charge >= 0.3 is 6.03 Å². The molecular formula is C19H17ClN4O5. The van der Waals surface area contributed by atoms with E-state index in [1.807, 2.05) is 0 Å². The largest absolute Gasteiger partial charge is 0.325 e. The molecular weight excluding hydrogens is 400 g/mol. The first-order chi connectivity index (χ1) is 13.6. The summed E-state index contributed by atoms with van der Waals surface area (Å²) in [4.78, 5) is 50.1. The number of non-ortho nitro benzene ring substituents is 1. The predicted molar refractivity (Wildman–Crippen MR) is 106 cm³/mol. The number of benzene rings is 2. The Morgan fingerprint density at radius 2 is 1.76 bits per heavy atom. The lowest BCUT2D eigenvalue weighted by atomic mass is 9.92. The van der Waals surface area contributed by atoms with Gasteiger partial charge in [0, 0.05) is 29.9 Å². The SMILES string of the molecule is CN(C(=O)CN1C(=O)NC(C)(c2ccc(Cl)cc2)C1=O)c1ccc([N+](=O)[O-])cc1. The minimum absolute atomic E-state index is 0.109. The molecule has 1 fully saturated rings. The van der Waals surface area contributed by atoms with Crippen molar-refractivity contribution in [2.75, 3.05) is 18.5 Å². The molecule has 0 saturated carbocycles. The lowest BCUT2D eigenvalue weighted by Gasteiger charge is -2.23. The number of anilines is 1. The average molecular weight is 417 g/mol. The summed E-state index contributed by atoms with van der Waals surface area (Å²) < 4.78 is 0. The molecule has 0 radical (unpaired) electrons. The second-order valence-electron chi connectivity index (χ2n) is 6.68. The quantitative estimate of drug-likeness (QED) is 0.457. The highest BCUT2D eigenvalue weighted by atomic mass is 35.5. The van der Waals surface area contributed by atoms with Crippen molar-refractivity contribution in [2.24, 2.45) is 0 Å². The molecule has 0 spiro atoms. The predicted octanol–water partition coefficient (Wildman–Crippen LogP) is 2.68. The molecule has 1 N–H and O–H groups in total. The average Bonchev–Trinajstić information content (AvgIpc) is 2.91. The number of halogens is 1. The van der Waals surface area contributed by atoms with Crippen LogP contribution in [0.1, 0.15) is 12.5 Å². The molecule has 2 aromatic rings. The summed E-state index contributed by atoms with van der Waals surface area (Å²) in [6.07, 6.45) is 0. The van der Waals surface area contributed by atoms with Crippen LogP contribution in [-0.4, -0.2) is 41.3 Å². The van der Waals surface area contributed by atoms with E-state index in [0.717, 1.165) is 4.90 Å². The molecule has 9 nitrogen and oxygen atoms in total. The molecule has 2 aromatic carbocycles. The summed E-state index contributed by atoms with van der Waals surface area (Å²) in [7, 11) is 1.46. The number of carbonyl (C=O) groups excluding carboxylic acids is 3. The number of rotatable bonds is 5. The lowest BCUT2D eigenvalue weighted by Crippen LogP contribution is -2.43. The standard InChI is InChI=1S/C19H17ClN4O5/c1-19(12-3-5-13(20)6-4-12)17(26)23(18(27)21-19)11-16(25)22(2)14-7-9-15(10-8-14)24(28)29/h3-10H,11H2,1-2H3,(H,21,27). The molecule has 4 amide bonds. The molecule has 0 aromatic heterocycles.